The van der Waals surface area contributed by atoms with Crippen molar-refractivity contribution < 1.29 is 4.39 Å². The van der Waals surface area contributed by atoms with Gasteiger partial charge in [0.25, 0.3) is 0 Å². The molecule has 2 aliphatic rings. The summed E-state index contributed by atoms with van der Waals surface area (Å²) in [5.41, 5.74) is 3.06. The summed E-state index contributed by atoms with van der Waals surface area (Å²) < 4.78 is 13.1. The molecule has 0 bridgehead atoms. The predicted molar refractivity (Wildman–Crippen MR) is 124 cm³/mol. The summed E-state index contributed by atoms with van der Waals surface area (Å²) >= 11 is 0. The van der Waals surface area contributed by atoms with Gasteiger partial charge >= 0.3 is 0 Å². The minimum atomic E-state index is -0.596. The molecular formula is C28H40FN. The van der Waals surface area contributed by atoms with Crippen LogP contribution < -0.4 is 0 Å². The minimum Gasteiger partial charge on any atom is -0.195 e. The molecule has 0 unspecified atom stereocenters. The Balaban J connectivity index is 1.34. The van der Waals surface area contributed by atoms with Crippen LogP contribution in [0.2, 0.25) is 0 Å². The van der Waals surface area contributed by atoms with E-state index in [-0.39, 0.29) is 5.92 Å². The zero-order valence-electron chi connectivity index (χ0n) is 18.9. The van der Waals surface area contributed by atoms with Crippen molar-refractivity contribution in [2.24, 2.45) is 17.8 Å². The van der Waals surface area contributed by atoms with Crippen LogP contribution in [-0.4, -0.2) is 0 Å². The van der Waals surface area contributed by atoms with E-state index in [2.05, 4.69) is 31.2 Å². The van der Waals surface area contributed by atoms with E-state index in [1.54, 1.807) is 17.7 Å². The van der Waals surface area contributed by atoms with Crippen molar-refractivity contribution in [3.63, 3.8) is 0 Å². The van der Waals surface area contributed by atoms with Crippen molar-refractivity contribution in [3.05, 3.63) is 47.3 Å². The molecule has 2 aliphatic carbocycles. The van der Waals surface area contributed by atoms with Gasteiger partial charge in [0.15, 0.2) is 5.83 Å². The van der Waals surface area contributed by atoms with E-state index in [4.69, 9.17) is 5.26 Å². The van der Waals surface area contributed by atoms with Gasteiger partial charge in [0.1, 0.15) is 6.07 Å². The van der Waals surface area contributed by atoms with Crippen molar-refractivity contribution >= 4 is 0 Å². The Morgan fingerprint density at radius 3 is 2.10 bits per heavy atom. The van der Waals surface area contributed by atoms with Crippen LogP contribution in [0.4, 0.5) is 4.39 Å². The van der Waals surface area contributed by atoms with Gasteiger partial charge < -0.3 is 0 Å². The van der Waals surface area contributed by atoms with Crippen LogP contribution in [0.1, 0.15) is 107 Å². The molecule has 0 amide bonds. The Kier molecular flexibility index (Phi) is 9.44. The lowest BCUT2D eigenvalue weighted by molar-refractivity contribution is 0.245. The molecule has 0 radical (unpaired) electrons. The van der Waals surface area contributed by atoms with Crippen molar-refractivity contribution in [2.75, 3.05) is 0 Å². The first-order valence-electron chi connectivity index (χ1n) is 12.5. The minimum absolute atomic E-state index is 0.286. The van der Waals surface area contributed by atoms with Crippen LogP contribution in [0.3, 0.4) is 0 Å². The van der Waals surface area contributed by atoms with E-state index in [0.717, 1.165) is 30.6 Å². The molecule has 30 heavy (non-hydrogen) atoms. The van der Waals surface area contributed by atoms with Crippen LogP contribution in [0.15, 0.2) is 36.2 Å². The highest BCUT2D eigenvalue weighted by atomic mass is 19.1. The maximum Gasteiger partial charge on any atom is 0.196 e. The van der Waals surface area contributed by atoms with E-state index in [1.807, 2.05) is 0 Å². The van der Waals surface area contributed by atoms with E-state index in [9.17, 15) is 4.39 Å². The Bertz CT molecular complexity index is 682. The molecule has 2 heteroatoms. The zero-order chi connectivity index (χ0) is 21.2. The van der Waals surface area contributed by atoms with Crippen molar-refractivity contribution in [3.8, 4) is 6.07 Å². The monoisotopic (exact) mass is 409 g/mol. The lowest BCUT2D eigenvalue weighted by Crippen LogP contribution is -2.17. The number of nitrogens with zero attached hydrogens (tertiary/aromatic N) is 1. The van der Waals surface area contributed by atoms with Crippen LogP contribution in [0.25, 0.3) is 0 Å². The standard InChI is InChI=1S/C28H40FN/c1-2-3-4-5-22-12-16-26(17-13-22)27-18-14-24(15-19-27)7-6-23-8-10-25(11-9-23)20-28(29)21-30/h12-13,16-17,20,23-25,27H,2-11,14-15,18-19H2,1H3/b28-20+. The maximum atomic E-state index is 13.1. The number of hydrogen-bond acceptors (Lipinski definition) is 1. The molecule has 1 nitrogen and oxygen atoms in total. The topological polar surface area (TPSA) is 23.8 Å². The molecule has 2 fully saturated rings. The molecule has 0 spiro atoms. The van der Waals surface area contributed by atoms with E-state index < -0.39 is 5.83 Å². The van der Waals surface area contributed by atoms with Gasteiger partial charge in [-0.1, -0.05) is 56.9 Å². The molecule has 0 N–H and O–H groups in total. The van der Waals surface area contributed by atoms with Crippen molar-refractivity contribution in [1.82, 2.24) is 0 Å². The van der Waals surface area contributed by atoms with Gasteiger partial charge in [-0.25, -0.2) is 0 Å². The van der Waals surface area contributed by atoms with E-state index >= 15 is 0 Å². The number of halogens is 1. The molecule has 3 rings (SSSR count). The summed E-state index contributed by atoms with van der Waals surface area (Å²) in [5, 5.41) is 8.60. The zero-order valence-corrected chi connectivity index (χ0v) is 18.9. The Morgan fingerprint density at radius 1 is 0.933 bits per heavy atom. The van der Waals surface area contributed by atoms with Gasteiger partial charge in [-0.3, -0.25) is 0 Å². The highest BCUT2D eigenvalue weighted by Gasteiger charge is 2.25. The molecular weight excluding hydrogens is 369 g/mol. The fraction of sp³-hybridized carbons (Fsp3) is 0.679. The second-order valence-electron chi connectivity index (χ2n) is 9.90. The van der Waals surface area contributed by atoms with Crippen LogP contribution in [0.5, 0.6) is 0 Å². The second kappa shape index (κ2) is 12.3. The SMILES string of the molecule is CCCCCc1ccc(C2CCC(CCC3CCC(/C=C(/F)C#N)CC3)CC2)cc1. The summed E-state index contributed by atoms with van der Waals surface area (Å²) in [6.07, 6.45) is 19.4. The van der Waals surface area contributed by atoms with Gasteiger partial charge in [0.05, 0.1) is 0 Å². The fourth-order valence-corrected chi connectivity index (χ4v) is 5.68. The maximum absolute atomic E-state index is 13.1. The summed E-state index contributed by atoms with van der Waals surface area (Å²) in [6.45, 7) is 2.27. The largest absolute Gasteiger partial charge is 0.196 e. The third kappa shape index (κ3) is 7.26. The molecule has 0 aliphatic heterocycles. The van der Waals surface area contributed by atoms with Crippen LogP contribution in [-0.2, 0) is 6.42 Å². The number of nitriles is 1. The van der Waals surface area contributed by atoms with Gasteiger partial charge in [-0.05, 0) is 105 Å². The molecule has 0 atom stereocenters. The van der Waals surface area contributed by atoms with E-state index in [0.29, 0.717) is 0 Å². The number of aryl methyl sites for hydroxylation is 1. The number of hydrogen-bond donors (Lipinski definition) is 0. The highest BCUT2D eigenvalue weighted by Crippen LogP contribution is 2.40. The molecule has 2 saturated carbocycles. The van der Waals surface area contributed by atoms with Gasteiger partial charge in [0, 0.05) is 0 Å². The van der Waals surface area contributed by atoms with Crippen LogP contribution >= 0.6 is 0 Å². The average Bonchev–Trinajstić information content (AvgIpc) is 2.79. The number of allylic oxidation sites excluding steroid dienone is 2. The molecule has 1 aromatic carbocycles. The van der Waals surface area contributed by atoms with Crippen molar-refractivity contribution in [2.45, 2.75) is 103 Å². The van der Waals surface area contributed by atoms with Crippen molar-refractivity contribution in [1.29, 1.82) is 5.26 Å². The van der Waals surface area contributed by atoms with Gasteiger partial charge in [0.2, 0.25) is 0 Å². The first kappa shape index (κ1) is 23.1. The summed E-state index contributed by atoms with van der Waals surface area (Å²) in [7, 11) is 0. The highest BCUT2D eigenvalue weighted by molar-refractivity contribution is 5.26. The first-order chi connectivity index (χ1) is 14.7. The smallest absolute Gasteiger partial charge is 0.195 e. The molecule has 0 aromatic heterocycles. The molecule has 0 heterocycles. The Hall–Kier alpha value is -1.62. The third-order valence-corrected chi connectivity index (χ3v) is 7.73. The molecule has 0 saturated heterocycles. The summed E-state index contributed by atoms with van der Waals surface area (Å²) in [6, 6.07) is 11.1. The predicted octanol–water partition coefficient (Wildman–Crippen LogP) is 8.66. The van der Waals surface area contributed by atoms with E-state index in [1.165, 1.54) is 82.6 Å². The lowest BCUT2D eigenvalue weighted by Gasteiger charge is -2.31. The van der Waals surface area contributed by atoms with Gasteiger partial charge in [-0.2, -0.15) is 9.65 Å². The number of benzene rings is 1. The summed E-state index contributed by atoms with van der Waals surface area (Å²) in [4.78, 5) is 0. The Morgan fingerprint density at radius 2 is 1.53 bits per heavy atom. The Labute approximate surface area is 183 Å². The lowest BCUT2D eigenvalue weighted by atomic mass is 9.74. The molecule has 164 valence electrons. The second-order valence-corrected chi connectivity index (χ2v) is 9.90. The summed E-state index contributed by atoms with van der Waals surface area (Å²) in [5.74, 6) is 2.18. The first-order valence-corrected chi connectivity index (χ1v) is 12.5. The fourth-order valence-electron chi connectivity index (χ4n) is 5.68. The average molecular weight is 410 g/mol. The third-order valence-electron chi connectivity index (χ3n) is 7.73. The number of unbranched alkanes of at least 4 members (excludes halogenated alkanes) is 2. The normalized spacial score (nSPS) is 27.6. The quantitative estimate of drug-likeness (QED) is 0.296. The molecule has 1 aromatic rings. The van der Waals surface area contributed by atoms with Crippen LogP contribution in [0, 0.1) is 29.1 Å². The number of rotatable bonds is 9. The van der Waals surface area contributed by atoms with Gasteiger partial charge in [-0.15, -0.1) is 0 Å².